The molecule has 0 spiro atoms. The molecule has 0 N–H and O–H groups in total. The molecule has 0 bridgehead atoms. The third-order valence-electron chi connectivity index (χ3n) is 2.41. The van der Waals surface area contributed by atoms with Crippen LogP contribution in [0.15, 0.2) is 47.8 Å². The molecule has 0 atom stereocenters. The number of benzene rings is 1. The summed E-state index contributed by atoms with van der Waals surface area (Å²) in [5.41, 5.74) is 0. The van der Waals surface area contributed by atoms with E-state index in [2.05, 4.69) is 47.8 Å². The zero-order chi connectivity index (χ0) is 10.1. The van der Waals surface area contributed by atoms with Crippen LogP contribution in [0.25, 0.3) is 9.65 Å². The zero-order valence-corrected chi connectivity index (χ0v) is 10.7. The average molecular weight is 277 g/mol. The van der Waals surface area contributed by atoms with Gasteiger partial charge in [-0.05, 0) is 0 Å². The Bertz CT molecular complexity index is 530. The summed E-state index contributed by atoms with van der Waals surface area (Å²) in [4.78, 5) is 1.48. The topological polar surface area (TPSA) is 0 Å². The molecule has 0 amide bonds. The summed E-state index contributed by atoms with van der Waals surface area (Å²) in [5, 5.41) is 3.59. The van der Waals surface area contributed by atoms with Crippen molar-refractivity contribution in [2.24, 2.45) is 0 Å². The van der Waals surface area contributed by atoms with Gasteiger partial charge in [0.15, 0.2) is 0 Å². The maximum atomic E-state index is 2.37. The fraction of sp³-hybridized carbons (Fsp3) is 0.0769. The Kier molecular flexibility index (Phi) is 2.49. The predicted octanol–water partition coefficient (Wildman–Crippen LogP) is 3.55. The van der Waals surface area contributed by atoms with Gasteiger partial charge in [0.1, 0.15) is 0 Å². The molecule has 3 aromatic rings. The number of thiophene rings is 1. The van der Waals surface area contributed by atoms with Crippen molar-refractivity contribution in [2.45, 2.75) is 6.42 Å². The van der Waals surface area contributed by atoms with Gasteiger partial charge in [-0.15, -0.1) is 0 Å². The van der Waals surface area contributed by atoms with Crippen LogP contribution in [-0.2, 0) is 6.42 Å². The Morgan fingerprint density at radius 1 is 1.07 bits per heavy atom. The molecule has 2 aromatic heterocycles. The Balaban J connectivity index is 1.98. The minimum absolute atomic E-state index is 0.556. The summed E-state index contributed by atoms with van der Waals surface area (Å²) in [6.07, 6.45) is 1.15. The van der Waals surface area contributed by atoms with Gasteiger partial charge in [0.25, 0.3) is 0 Å². The van der Waals surface area contributed by atoms with Crippen molar-refractivity contribution in [1.29, 1.82) is 0 Å². The molecule has 0 aliphatic rings. The molecule has 0 aliphatic carbocycles. The maximum absolute atomic E-state index is 2.37. The molecule has 1 aromatic carbocycles. The van der Waals surface area contributed by atoms with Crippen molar-refractivity contribution < 1.29 is 0 Å². The molecule has 0 radical (unpaired) electrons. The predicted molar refractivity (Wildman–Crippen MR) is 68.0 cm³/mol. The van der Waals surface area contributed by atoms with Crippen molar-refractivity contribution in [3.63, 3.8) is 0 Å². The van der Waals surface area contributed by atoms with Crippen LogP contribution < -0.4 is 0 Å². The third kappa shape index (κ3) is 1.93. The van der Waals surface area contributed by atoms with Crippen LogP contribution in [0.3, 0.4) is 0 Å². The Labute approximate surface area is 98.9 Å². The molecule has 0 fully saturated rings. The summed E-state index contributed by atoms with van der Waals surface area (Å²) in [7, 11) is 0. The van der Waals surface area contributed by atoms with Crippen LogP contribution in [0.4, 0.5) is 0 Å². The van der Waals surface area contributed by atoms with Crippen molar-refractivity contribution in [1.82, 2.24) is 0 Å². The molecular weight excluding hydrogens is 267 g/mol. The summed E-state index contributed by atoms with van der Waals surface area (Å²) in [5.74, 6) is 0. The standard InChI is InChI=1S/C13H10SSe/c1-2-6-13-10(4-1)8-12(15-13)9-11-5-3-7-14-11/h1-8H,9H2. The van der Waals surface area contributed by atoms with Gasteiger partial charge in [0.2, 0.25) is 0 Å². The van der Waals surface area contributed by atoms with Gasteiger partial charge in [-0.1, -0.05) is 0 Å². The van der Waals surface area contributed by atoms with E-state index >= 15 is 0 Å². The van der Waals surface area contributed by atoms with Crippen molar-refractivity contribution in [3.8, 4) is 0 Å². The molecule has 3 rings (SSSR count). The van der Waals surface area contributed by atoms with Gasteiger partial charge in [0, 0.05) is 0 Å². The number of hydrogen-bond acceptors (Lipinski definition) is 1. The van der Waals surface area contributed by atoms with E-state index in [4.69, 9.17) is 0 Å². The van der Waals surface area contributed by atoms with E-state index in [1.54, 1.807) is 4.44 Å². The second kappa shape index (κ2) is 3.97. The third-order valence-corrected chi connectivity index (χ3v) is 5.62. The molecule has 0 unspecified atom stereocenters. The SMILES string of the molecule is c1csc(Cc2cc3ccccc3[se]2)c1. The Hall–Kier alpha value is -0.821. The number of hydrogen-bond donors (Lipinski definition) is 0. The number of fused-ring (bicyclic) bond motifs is 1. The second-order valence-corrected chi connectivity index (χ2v) is 6.99. The van der Waals surface area contributed by atoms with Crippen molar-refractivity contribution >= 4 is 35.5 Å². The first-order chi connectivity index (χ1) is 7.42. The minimum atomic E-state index is 0.556. The van der Waals surface area contributed by atoms with Crippen LogP contribution in [0.1, 0.15) is 9.31 Å². The van der Waals surface area contributed by atoms with E-state index < -0.39 is 0 Å². The van der Waals surface area contributed by atoms with Gasteiger partial charge < -0.3 is 0 Å². The van der Waals surface area contributed by atoms with Gasteiger partial charge in [-0.2, -0.15) is 0 Å². The van der Waals surface area contributed by atoms with Crippen molar-refractivity contribution in [2.75, 3.05) is 0 Å². The zero-order valence-electron chi connectivity index (χ0n) is 8.14. The Morgan fingerprint density at radius 2 is 2.00 bits per heavy atom. The van der Waals surface area contributed by atoms with Gasteiger partial charge in [0.05, 0.1) is 0 Å². The molecular formula is C13H10SSe. The van der Waals surface area contributed by atoms with Crippen LogP contribution in [0, 0.1) is 0 Å². The number of rotatable bonds is 2. The molecule has 0 nitrogen and oxygen atoms in total. The molecule has 74 valence electrons. The quantitative estimate of drug-likeness (QED) is 0.628. The fourth-order valence-electron chi connectivity index (χ4n) is 1.71. The van der Waals surface area contributed by atoms with Gasteiger partial charge in [-0.25, -0.2) is 0 Å². The summed E-state index contributed by atoms with van der Waals surface area (Å²) < 4.78 is 3.14. The van der Waals surface area contributed by atoms with Gasteiger partial charge in [-0.3, -0.25) is 0 Å². The van der Waals surface area contributed by atoms with Crippen LogP contribution >= 0.6 is 11.3 Å². The summed E-state index contributed by atoms with van der Waals surface area (Å²) in [6, 6.07) is 15.5. The average Bonchev–Trinajstić information content (AvgIpc) is 2.86. The van der Waals surface area contributed by atoms with E-state index in [1.165, 1.54) is 14.5 Å². The van der Waals surface area contributed by atoms with E-state index in [9.17, 15) is 0 Å². The Morgan fingerprint density at radius 3 is 2.80 bits per heavy atom. The van der Waals surface area contributed by atoms with Gasteiger partial charge >= 0.3 is 99.1 Å². The van der Waals surface area contributed by atoms with Crippen molar-refractivity contribution in [3.05, 3.63) is 57.2 Å². The van der Waals surface area contributed by atoms with E-state index in [0.717, 1.165) is 6.42 Å². The van der Waals surface area contributed by atoms with E-state index in [-0.39, 0.29) is 0 Å². The molecule has 0 saturated heterocycles. The van der Waals surface area contributed by atoms with Crippen LogP contribution in [-0.4, -0.2) is 14.5 Å². The van der Waals surface area contributed by atoms with Crippen LogP contribution in [0.2, 0.25) is 0 Å². The normalized spacial score (nSPS) is 10.9. The monoisotopic (exact) mass is 278 g/mol. The second-order valence-electron chi connectivity index (χ2n) is 3.51. The molecule has 15 heavy (non-hydrogen) atoms. The van der Waals surface area contributed by atoms with Crippen LogP contribution in [0.5, 0.6) is 0 Å². The first kappa shape index (κ1) is 9.41. The van der Waals surface area contributed by atoms with E-state index in [1.807, 2.05) is 11.3 Å². The summed E-state index contributed by atoms with van der Waals surface area (Å²) >= 11 is 2.41. The fourth-order valence-corrected chi connectivity index (χ4v) is 4.92. The molecule has 0 aliphatic heterocycles. The van der Waals surface area contributed by atoms with E-state index in [0.29, 0.717) is 14.5 Å². The molecule has 2 heteroatoms. The molecule has 0 saturated carbocycles. The molecule has 2 heterocycles. The first-order valence-electron chi connectivity index (χ1n) is 4.92. The first-order valence-corrected chi connectivity index (χ1v) is 7.51. The summed E-state index contributed by atoms with van der Waals surface area (Å²) in [6.45, 7) is 0.